The van der Waals surface area contributed by atoms with Crippen LogP contribution in [0.4, 0.5) is 0 Å². The van der Waals surface area contributed by atoms with Gasteiger partial charge in [0.2, 0.25) is 11.7 Å². The van der Waals surface area contributed by atoms with E-state index in [1.807, 2.05) is 12.1 Å². The average molecular weight is 387 g/mol. The van der Waals surface area contributed by atoms with Gasteiger partial charge in [0.1, 0.15) is 0 Å². The number of pyridine rings is 1. The summed E-state index contributed by atoms with van der Waals surface area (Å²) in [5.41, 5.74) is 1.30. The Morgan fingerprint density at radius 2 is 1.79 bits per heavy atom. The molecule has 2 aromatic rings. The van der Waals surface area contributed by atoms with E-state index in [-0.39, 0.29) is 11.8 Å². The molecule has 0 fully saturated rings. The van der Waals surface area contributed by atoms with Crippen LogP contribution < -0.4 is 19.5 Å². The number of rotatable bonds is 9. The molecule has 0 atom stereocenters. The molecule has 8 heteroatoms. The van der Waals surface area contributed by atoms with Gasteiger partial charge in [-0.2, -0.15) is 0 Å². The highest BCUT2D eigenvalue weighted by Gasteiger charge is 2.17. The van der Waals surface area contributed by atoms with Gasteiger partial charge in [0.25, 0.3) is 5.91 Å². The van der Waals surface area contributed by atoms with E-state index in [1.165, 1.54) is 28.3 Å². The molecular weight excluding hydrogens is 362 g/mol. The number of carbonyl (C=O) groups excluding carboxylic acids is 2. The van der Waals surface area contributed by atoms with Crippen LogP contribution >= 0.6 is 0 Å². The van der Waals surface area contributed by atoms with Crippen molar-refractivity contribution in [1.29, 1.82) is 0 Å². The molecule has 0 unspecified atom stereocenters. The number of amides is 2. The van der Waals surface area contributed by atoms with Gasteiger partial charge < -0.3 is 24.4 Å². The summed E-state index contributed by atoms with van der Waals surface area (Å²) in [6.07, 6.45) is 3.39. The number of carbonyl (C=O) groups is 2. The number of nitrogens with one attached hydrogen (secondary N) is 1. The van der Waals surface area contributed by atoms with Gasteiger partial charge in [-0.3, -0.25) is 14.6 Å². The van der Waals surface area contributed by atoms with Crippen LogP contribution in [0.15, 0.2) is 36.7 Å². The molecule has 0 bridgehead atoms. The van der Waals surface area contributed by atoms with E-state index in [1.54, 1.807) is 29.4 Å². The van der Waals surface area contributed by atoms with E-state index in [4.69, 9.17) is 14.2 Å². The second kappa shape index (κ2) is 10.1. The molecule has 8 nitrogen and oxygen atoms in total. The minimum Gasteiger partial charge on any atom is -0.493 e. The Kier molecular flexibility index (Phi) is 7.62. The van der Waals surface area contributed by atoms with Gasteiger partial charge in [-0.15, -0.1) is 0 Å². The van der Waals surface area contributed by atoms with Crippen molar-refractivity contribution in [2.24, 2.45) is 0 Å². The lowest BCUT2D eigenvalue weighted by atomic mass is 10.1. The van der Waals surface area contributed by atoms with Gasteiger partial charge in [-0.1, -0.05) is 6.07 Å². The quantitative estimate of drug-likeness (QED) is 0.707. The summed E-state index contributed by atoms with van der Waals surface area (Å²) in [6.45, 7) is 2.61. The zero-order valence-corrected chi connectivity index (χ0v) is 16.5. The van der Waals surface area contributed by atoms with Crippen molar-refractivity contribution < 1.29 is 23.8 Å². The molecule has 0 spiro atoms. The lowest BCUT2D eigenvalue weighted by molar-refractivity contribution is -0.129. The van der Waals surface area contributed by atoms with Crippen LogP contribution in [0.1, 0.15) is 22.8 Å². The van der Waals surface area contributed by atoms with Crippen LogP contribution in [0.3, 0.4) is 0 Å². The molecule has 1 aromatic carbocycles. The predicted molar refractivity (Wildman–Crippen MR) is 104 cm³/mol. The van der Waals surface area contributed by atoms with Crippen LogP contribution in [-0.4, -0.2) is 56.1 Å². The number of aromatic nitrogens is 1. The molecule has 0 aliphatic heterocycles. The fourth-order valence-corrected chi connectivity index (χ4v) is 2.68. The molecule has 0 saturated heterocycles. The first kappa shape index (κ1) is 21.0. The Morgan fingerprint density at radius 1 is 1.11 bits per heavy atom. The van der Waals surface area contributed by atoms with Crippen molar-refractivity contribution >= 4 is 11.8 Å². The fraction of sp³-hybridized carbons (Fsp3) is 0.350. The summed E-state index contributed by atoms with van der Waals surface area (Å²) in [5, 5.41) is 2.81. The lowest BCUT2D eigenvalue weighted by Crippen LogP contribution is -2.37. The zero-order valence-electron chi connectivity index (χ0n) is 16.5. The maximum Gasteiger partial charge on any atom is 0.251 e. The summed E-state index contributed by atoms with van der Waals surface area (Å²) < 4.78 is 15.8. The second-order valence-electron chi connectivity index (χ2n) is 5.97. The number of hydrogen-bond donors (Lipinski definition) is 1. The van der Waals surface area contributed by atoms with Crippen LogP contribution in [0.2, 0.25) is 0 Å². The highest BCUT2D eigenvalue weighted by atomic mass is 16.5. The molecule has 28 heavy (non-hydrogen) atoms. The van der Waals surface area contributed by atoms with Crippen molar-refractivity contribution in [2.75, 3.05) is 34.4 Å². The largest absolute Gasteiger partial charge is 0.493 e. The number of hydrogen-bond acceptors (Lipinski definition) is 6. The van der Waals surface area contributed by atoms with E-state index in [0.29, 0.717) is 42.4 Å². The normalized spacial score (nSPS) is 10.1. The second-order valence-corrected chi connectivity index (χ2v) is 5.97. The van der Waals surface area contributed by atoms with Crippen molar-refractivity contribution in [3.63, 3.8) is 0 Å². The number of ether oxygens (including phenoxy) is 3. The van der Waals surface area contributed by atoms with Crippen molar-refractivity contribution in [2.45, 2.75) is 13.5 Å². The summed E-state index contributed by atoms with van der Waals surface area (Å²) in [7, 11) is 4.48. The Bertz CT molecular complexity index is 786. The molecule has 1 N–H and O–H groups in total. The molecule has 0 saturated carbocycles. The average Bonchev–Trinajstić information content (AvgIpc) is 2.72. The maximum atomic E-state index is 12.5. The van der Waals surface area contributed by atoms with Gasteiger partial charge in [-0.05, 0) is 23.8 Å². The standard InChI is InChI=1S/C20H25N3O5/c1-14(24)23(13-15-6-5-7-21-12-15)9-8-22-20(25)16-10-17(26-2)19(28-4)18(11-16)27-3/h5-7,10-12H,8-9,13H2,1-4H3,(H,22,25). The van der Waals surface area contributed by atoms with E-state index >= 15 is 0 Å². The molecule has 0 aliphatic rings. The summed E-state index contributed by atoms with van der Waals surface area (Å²) >= 11 is 0. The molecule has 2 rings (SSSR count). The third-order valence-electron chi connectivity index (χ3n) is 4.14. The first-order valence-electron chi connectivity index (χ1n) is 8.72. The lowest BCUT2D eigenvalue weighted by Gasteiger charge is -2.21. The van der Waals surface area contributed by atoms with Gasteiger partial charge in [0, 0.05) is 44.5 Å². The highest BCUT2D eigenvalue weighted by Crippen LogP contribution is 2.38. The number of benzene rings is 1. The van der Waals surface area contributed by atoms with Gasteiger partial charge in [0.05, 0.1) is 21.3 Å². The Hall–Kier alpha value is -3.29. The third-order valence-corrected chi connectivity index (χ3v) is 4.14. The monoisotopic (exact) mass is 387 g/mol. The smallest absolute Gasteiger partial charge is 0.251 e. The first-order valence-corrected chi connectivity index (χ1v) is 8.72. The zero-order chi connectivity index (χ0) is 20.5. The fourth-order valence-electron chi connectivity index (χ4n) is 2.68. The highest BCUT2D eigenvalue weighted by molar-refractivity contribution is 5.95. The SMILES string of the molecule is COc1cc(C(=O)NCCN(Cc2cccnc2)C(C)=O)cc(OC)c1OC. The Balaban J connectivity index is 2.01. The van der Waals surface area contributed by atoms with Crippen LogP contribution in [0.25, 0.3) is 0 Å². The summed E-state index contributed by atoms with van der Waals surface area (Å²) in [4.78, 5) is 30.1. The molecule has 150 valence electrons. The van der Waals surface area contributed by atoms with Crippen molar-refractivity contribution in [1.82, 2.24) is 15.2 Å². The Morgan fingerprint density at radius 3 is 2.29 bits per heavy atom. The van der Waals surface area contributed by atoms with Crippen LogP contribution in [0, 0.1) is 0 Å². The van der Waals surface area contributed by atoms with E-state index in [0.717, 1.165) is 5.56 Å². The third kappa shape index (κ3) is 5.35. The number of nitrogens with zero attached hydrogens (tertiary/aromatic N) is 2. The van der Waals surface area contributed by atoms with Crippen LogP contribution in [-0.2, 0) is 11.3 Å². The van der Waals surface area contributed by atoms with E-state index < -0.39 is 0 Å². The molecule has 1 aromatic heterocycles. The van der Waals surface area contributed by atoms with E-state index in [2.05, 4.69) is 10.3 Å². The van der Waals surface area contributed by atoms with Crippen LogP contribution in [0.5, 0.6) is 17.2 Å². The molecule has 2 amide bonds. The minimum absolute atomic E-state index is 0.0779. The molecule has 0 aliphatic carbocycles. The maximum absolute atomic E-state index is 12.5. The molecular formula is C20H25N3O5. The Labute approximate surface area is 164 Å². The van der Waals surface area contributed by atoms with E-state index in [9.17, 15) is 9.59 Å². The van der Waals surface area contributed by atoms with Gasteiger partial charge in [0.15, 0.2) is 11.5 Å². The summed E-state index contributed by atoms with van der Waals surface area (Å²) in [5.74, 6) is 0.832. The predicted octanol–water partition coefficient (Wildman–Crippen LogP) is 1.89. The number of methoxy groups -OCH3 is 3. The minimum atomic E-state index is -0.302. The van der Waals surface area contributed by atoms with Crippen molar-refractivity contribution in [3.8, 4) is 17.2 Å². The molecule has 0 radical (unpaired) electrons. The van der Waals surface area contributed by atoms with Gasteiger partial charge >= 0.3 is 0 Å². The van der Waals surface area contributed by atoms with Crippen molar-refractivity contribution in [3.05, 3.63) is 47.8 Å². The topological polar surface area (TPSA) is 90.0 Å². The molecule has 1 heterocycles. The van der Waals surface area contributed by atoms with Gasteiger partial charge in [-0.25, -0.2) is 0 Å². The first-order chi connectivity index (χ1) is 13.5. The summed E-state index contributed by atoms with van der Waals surface area (Å²) in [6, 6.07) is 6.88.